The van der Waals surface area contributed by atoms with Crippen molar-refractivity contribution in [1.29, 1.82) is 0 Å². The Bertz CT molecular complexity index is 799. The molecule has 0 fully saturated rings. The Morgan fingerprint density at radius 2 is 2.00 bits per heavy atom. The summed E-state index contributed by atoms with van der Waals surface area (Å²) >= 11 is 0. The first kappa shape index (κ1) is 17.1. The zero-order chi connectivity index (χ0) is 18.0. The van der Waals surface area contributed by atoms with Gasteiger partial charge in [-0.15, -0.1) is 0 Å². The summed E-state index contributed by atoms with van der Waals surface area (Å²) in [5, 5.41) is 4.26. The number of carbonyl (C=O) groups is 2. The molecule has 0 saturated carbocycles. The highest BCUT2D eigenvalue weighted by Gasteiger charge is 2.29. The summed E-state index contributed by atoms with van der Waals surface area (Å²) in [6, 6.07) is 5.90. The van der Waals surface area contributed by atoms with E-state index in [4.69, 9.17) is 4.74 Å². The predicted octanol–water partition coefficient (Wildman–Crippen LogP) is 1.86. The lowest BCUT2D eigenvalue weighted by atomic mass is 10.0. The van der Waals surface area contributed by atoms with E-state index in [2.05, 4.69) is 5.10 Å². The molecule has 1 aromatic carbocycles. The number of hydrogen-bond donors (Lipinski definition) is 0. The Morgan fingerprint density at radius 1 is 1.28 bits per heavy atom. The quantitative estimate of drug-likeness (QED) is 0.794. The third-order valence-corrected chi connectivity index (χ3v) is 4.33. The lowest BCUT2D eigenvalue weighted by molar-refractivity contribution is -0.131. The van der Waals surface area contributed by atoms with Crippen molar-refractivity contribution in [3.05, 3.63) is 52.6 Å². The highest BCUT2D eigenvalue weighted by Crippen LogP contribution is 2.23. The Morgan fingerprint density at radius 3 is 2.68 bits per heavy atom. The molecule has 1 aliphatic rings. The second kappa shape index (κ2) is 7.04. The number of carbonyl (C=O) groups excluding carboxylic acids is 2. The van der Waals surface area contributed by atoms with E-state index in [1.165, 1.54) is 12.1 Å². The van der Waals surface area contributed by atoms with Crippen LogP contribution >= 0.6 is 0 Å². The van der Waals surface area contributed by atoms with Gasteiger partial charge >= 0.3 is 5.97 Å². The van der Waals surface area contributed by atoms with Gasteiger partial charge in [0.1, 0.15) is 5.82 Å². The van der Waals surface area contributed by atoms with Crippen LogP contribution in [0.1, 0.15) is 34.2 Å². The van der Waals surface area contributed by atoms with Gasteiger partial charge in [-0.1, -0.05) is 12.1 Å². The molecule has 1 aliphatic heterocycles. The Balaban J connectivity index is 1.76. The number of nitrogens with zero attached hydrogens (tertiary/aromatic N) is 3. The summed E-state index contributed by atoms with van der Waals surface area (Å²) in [7, 11) is 1.79. The van der Waals surface area contributed by atoms with Crippen molar-refractivity contribution in [2.75, 3.05) is 13.2 Å². The lowest BCUT2D eigenvalue weighted by Gasteiger charge is -2.27. The number of benzene rings is 1. The molecular formula is C18H20FN3O3. The van der Waals surface area contributed by atoms with Crippen LogP contribution in [-0.4, -0.2) is 39.7 Å². The van der Waals surface area contributed by atoms with Crippen molar-refractivity contribution in [3.63, 3.8) is 0 Å². The summed E-state index contributed by atoms with van der Waals surface area (Å²) < 4.78 is 19.7. The normalized spacial score (nSPS) is 13.5. The zero-order valence-corrected chi connectivity index (χ0v) is 14.3. The van der Waals surface area contributed by atoms with Gasteiger partial charge in [-0.3, -0.25) is 9.48 Å². The number of hydrogen-bond acceptors (Lipinski definition) is 4. The second-order valence-corrected chi connectivity index (χ2v) is 5.99. The maximum Gasteiger partial charge on any atom is 0.359 e. The summed E-state index contributed by atoms with van der Waals surface area (Å²) in [6.45, 7) is 2.91. The average Bonchev–Trinajstić information content (AvgIpc) is 2.93. The van der Waals surface area contributed by atoms with E-state index < -0.39 is 5.97 Å². The van der Waals surface area contributed by atoms with Crippen LogP contribution in [0.15, 0.2) is 24.3 Å². The molecule has 2 aromatic rings. The van der Waals surface area contributed by atoms with E-state index in [1.54, 1.807) is 35.7 Å². The first-order chi connectivity index (χ1) is 12.0. The molecule has 0 aliphatic carbocycles. The molecule has 0 radical (unpaired) electrons. The van der Waals surface area contributed by atoms with Crippen LogP contribution in [0.5, 0.6) is 0 Å². The molecule has 0 N–H and O–H groups in total. The van der Waals surface area contributed by atoms with E-state index in [9.17, 15) is 14.0 Å². The number of aromatic nitrogens is 2. The molecule has 132 valence electrons. The van der Waals surface area contributed by atoms with Crippen LogP contribution in [0.25, 0.3) is 0 Å². The summed E-state index contributed by atoms with van der Waals surface area (Å²) in [5.74, 6) is -0.851. The van der Waals surface area contributed by atoms with Gasteiger partial charge in [0.05, 0.1) is 13.0 Å². The van der Waals surface area contributed by atoms with Gasteiger partial charge in [0.25, 0.3) is 0 Å². The fourth-order valence-corrected chi connectivity index (χ4v) is 3.06. The number of aryl methyl sites for hydroxylation is 1. The molecule has 0 unspecified atom stereocenters. The molecule has 0 saturated heterocycles. The average molecular weight is 345 g/mol. The summed E-state index contributed by atoms with van der Waals surface area (Å²) in [5.41, 5.74) is 2.74. The van der Waals surface area contributed by atoms with Crippen molar-refractivity contribution < 1.29 is 18.7 Å². The van der Waals surface area contributed by atoms with Gasteiger partial charge in [-0.25, -0.2) is 9.18 Å². The lowest BCUT2D eigenvalue weighted by Crippen LogP contribution is -2.37. The van der Waals surface area contributed by atoms with Crippen molar-refractivity contribution in [1.82, 2.24) is 14.7 Å². The predicted molar refractivity (Wildman–Crippen MR) is 88.4 cm³/mol. The minimum absolute atomic E-state index is 0.0593. The minimum Gasteiger partial charge on any atom is -0.461 e. The standard InChI is InChI=1S/C18H20FN3O3/c1-3-25-18(24)17-14-11-22(9-8-15(14)21(2)20-17)16(23)10-12-4-6-13(19)7-5-12/h4-7H,3,8-11H2,1-2H3. The monoisotopic (exact) mass is 345 g/mol. The molecule has 1 amide bonds. The van der Waals surface area contributed by atoms with Gasteiger partial charge in [0.15, 0.2) is 5.69 Å². The largest absolute Gasteiger partial charge is 0.461 e. The van der Waals surface area contributed by atoms with E-state index in [-0.39, 0.29) is 30.4 Å². The Hall–Kier alpha value is -2.70. The van der Waals surface area contributed by atoms with Crippen LogP contribution in [-0.2, 0) is 36.0 Å². The Labute approximate surface area is 145 Å². The fraction of sp³-hybridized carbons (Fsp3) is 0.389. The van der Waals surface area contributed by atoms with Gasteiger partial charge < -0.3 is 9.64 Å². The third-order valence-electron chi connectivity index (χ3n) is 4.33. The van der Waals surface area contributed by atoms with Crippen molar-refractivity contribution >= 4 is 11.9 Å². The molecule has 1 aromatic heterocycles. The van der Waals surface area contributed by atoms with Gasteiger partial charge in [-0.2, -0.15) is 5.10 Å². The first-order valence-electron chi connectivity index (χ1n) is 8.23. The SMILES string of the molecule is CCOC(=O)c1nn(C)c2c1CN(C(=O)Cc1ccc(F)cc1)CC2. The highest BCUT2D eigenvalue weighted by atomic mass is 19.1. The highest BCUT2D eigenvalue weighted by molar-refractivity contribution is 5.89. The number of halogens is 1. The molecule has 25 heavy (non-hydrogen) atoms. The molecule has 0 bridgehead atoms. The number of amides is 1. The molecular weight excluding hydrogens is 325 g/mol. The fourth-order valence-electron chi connectivity index (χ4n) is 3.06. The zero-order valence-electron chi connectivity index (χ0n) is 14.3. The third kappa shape index (κ3) is 3.55. The van der Waals surface area contributed by atoms with E-state index in [1.807, 2.05) is 0 Å². The van der Waals surface area contributed by atoms with Gasteiger partial charge in [0, 0.05) is 37.8 Å². The van der Waals surface area contributed by atoms with Crippen LogP contribution in [0.2, 0.25) is 0 Å². The van der Waals surface area contributed by atoms with Gasteiger partial charge in [0.2, 0.25) is 5.91 Å². The first-order valence-corrected chi connectivity index (χ1v) is 8.23. The van der Waals surface area contributed by atoms with Gasteiger partial charge in [-0.05, 0) is 24.6 Å². The Kier molecular flexibility index (Phi) is 4.83. The molecule has 6 nitrogen and oxygen atoms in total. The molecule has 0 spiro atoms. The van der Waals surface area contributed by atoms with Crippen molar-refractivity contribution in [2.24, 2.45) is 7.05 Å². The minimum atomic E-state index is -0.466. The van der Waals surface area contributed by atoms with Crippen molar-refractivity contribution in [3.8, 4) is 0 Å². The molecule has 0 atom stereocenters. The molecule has 2 heterocycles. The van der Waals surface area contributed by atoms with Crippen LogP contribution in [0.3, 0.4) is 0 Å². The maximum absolute atomic E-state index is 13.0. The molecule has 3 rings (SSSR count). The number of rotatable bonds is 4. The van der Waals surface area contributed by atoms with E-state index in [0.717, 1.165) is 16.8 Å². The summed E-state index contributed by atoms with van der Waals surface area (Å²) in [6.07, 6.45) is 0.831. The topological polar surface area (TPSA) is 64.4 Å². The number of fused-ring (bicyclic) bond motifs is 1. The smallest absolute Gasteiger partial charge is 0.359 e. The summed E-state index contributed by atoms with van der Waals surface area (Å²) in [4.78, 5) is 26.4. The number of esters is 1. The molecule has 7 heteroatoms. The van der Waals surface area contributed by atoms with Crippen LogP contribution in [0, 0.1) is 5.82 Å². The van der Waals surface area contributed by atoms with Crippen LogP contribution in [0.4, 0.5) is 4.39 Å². The van der Waals surface area contributed by atoms with Crippen LogP contribution < -0.4 is 0 Å². The second-order valence-electron chi connectivity index (χ2n) is 5.99. The van der Waals surface area contributed by atoms with Crippen molar-refractivity contribution in [2.45, 2.75) is 26.3 Å². The van der Waals surface area contributed by atoms with E-state index in [0.29, 0.717) is 19.5 Å². The maximum atomic E-state index is 13.0. The van der Waals surface area contributed by atoms with E-state index >= 15 is 0 Å². The number of ether oxygens (including phenoxy) is 1.